The summed E-state index contributed by atoms with van der Waals surface area (Å²) in [5, 5.41) is 6.66. The third kappa shape index (κ3) is 2.98. The summed E-state index contributed by atoms with van der Waals surface area (Å²) in [5.74, 6) is -0.379. The first-order valence-electron chi connectivity index (χ1n) is 9.34. The van der Waals surface area contributed by atoms with Crippen LogP contribution < -0.4 is 0 Å². The van der Waals surface area contributed by atoms with E-state index in [9.17, 15) is 26.4 Å². The van der Waals surface area contributed by atoms with Gasteiger partial charge in [-0.15, -0.1) is 0 Å². The standard InChI is InChI=1S/C18H17F3N4O3S/c19-18(20,21)13-6-5-11(7-22-13)29(27,28)25-15(9-1-2-9)12-8-23-24-14(12)17(26)16(25)10-3-4-10/h5-10,15-16H,1-4H2,(H,23,24)/t15-,16+/m1/s1. The van der Waals surface area contributed by atoms with Crippen LogP contribution in [0.3, 0.4) is 0 Å². The van der Waals surface area contributed by atoms with Gasteiger partial charge in [0.15, 0.2) is 5.78 Å². The Balaban J connectivity index is 1.62. The number of H-pyrrole nitrogens is 1. The molecular weight excluding hydrogens is 409 g/mol. The predicted octanol–water partition coefficient (Wildman–Crippen LogP) is 2.94. The van der Waals surface area contributed by atoms with Crippen molar-refractivity contribution in [3.05, 3.63) is 41.5 Å². The van der Waals surface area contributed by atoms with Crippen molar-refractivity contribution in [1.29, 1.82) is 0 Å². The summed E-state index contributed by atoms with van der Waals surface area (Å²) in [6.07, 6.45) is 0.635. The lowest BCUT2D eigenvalue weighted by atomic mass is 9.90. The van der Waals surface area contributed by atoms with E-state index >= 15 is 0 Å². The fourth-order valence-corrected chi connectivity index (χ4v) is 5.94. The lowest BCUT2D eigenvalue weighted by Crippen LogP contribution is -2.52. The number of aromatic amines is 1. The van der Waals surface area contributed by atoms with Crippen molar-refractivity contribution >= 4 is 15.8 Å². The number of sulfonamides is 1. The maximum atomic E-state index is 13.5. The summed E-state index contributed by atoms with van der Waals surface area (Å²) >= 11 is 0. The van der Waals surface area contributed by atoms with Crippen molar-refractivity contribution in [3.8, 4) is 0 Å². The molecule has 0 unspecified atom stereocenters. The fourth-order valence-electron chi connectivity index (χ4n) is 4.12. The molecule has 0 radical (unpaired) electrons. The highest BCUT2D eigenvalue weighted by atomic mass is 32.2. The lowest BCUT2D eigenvalue weighted by molar-refractivity contribution is -0.141. The smallest absolute Gasteiger partial charge is 0.291 e. The quantitative estimate of drug-likeness (QED) is 0.811. The van der Waals surface area contributed by atoms with Gasteiger partial charge in [-0.25, -0.2) is 8.42 Å². The number of Topliss-reactive ketones (excluding diaryl/α,β-unsaturated/α-hetero) is 1. The van der Waals surface area contributed by atoms with Gasteiger partial charge in [0.25, 0.3) is 0 Å². The number of hydrogen-bond donors (Lipinski definition) is 1. The van der Waals surface area contributed by atoms with Crippen molar-refractivity contribution in [3.63, 3.8) is 0 Å². The van der Waals surface area contributed by atoms with Crippen LogP contribution in [0.1, 0.15) is 53.5 Å². The molecule has 154 valence electrons. The van der Waals surface area contributed by atoms with E-state index in [1.165, 1.54) is 10.5 Å². The number of carbonyl (C=O) groups is 1. The van der Waals surface area contributed by atoms with E-state index in [0.29, 0.717) is 17.3 Å². The zero-order valence-corrected chi connectivity index (χ0v) is 15.9. The number of rotatable bonds is 4. The Hall–Kier alpha value is -2.27. The largest absolute Gasteiger partial charge is 0.433 e. The average molecular weight is 426 g/mol. The highest BCUT2D eigenvalue weighted by Gasteiger charge is 2.56. The molecule has 5 rings (SSSR count). The topological polar surface area (TPSA) is 96.0 Å². The van der Waals surface area contributed by atoms with Gasteiger partial charge in [0.1, 0.15) is 16.3 Å². The highest BCUT2D eigenvalue weighted by Crippen LogP contribution is 2.53. The summed E-state index contributed by atoms with van der Waals surface area (Å²) in [7, 11) is -4.25. The van der Waals surface area contributed by atoms with E-state index in [1.54, 1.807) is 0 Å². The van der Waals surface area contributed by atoms with Crippen molar-refractivity contribution in [2.45, 2.75) is 48.8 Å². The number of alkyl halides is 3. The number of aromatic nitrogens is 3. The van der Waals surface area contributed by atoms with Crippen LogP contribution in [0.25, 0.3) is 0 Å². The molecule has 0 aromatic carbocycles. The maximum absolute atomic E-state index is 13.5. The van der Waals surface area contributed by atoms with Gasteiger partial charge in [-0.05, 0) is 49.7 Å². The fraction of sp³-hybridized carbons (Fsp3) is 0.500. The number of nitrogens with zero attached hydrogens (tertiary/aromatic N) is 3. The average Bonchev–Trinajstić information content (AvgIpc) is 3.59. The summed E-state index contributed by atoms with van der Waals surface area (Å²) in [6, 6.07) is 0.134. The van der Waals surface area contributed by atoms with Crippen LogP contribution in [-0.4, -0.2) is 39.7 Å². The molecule has 1 N–H and O–H groups in total. The minimum atomic E-state index is -4.66. The molecule has 0 spiro atoms. The van der Waals surface area contributed by atoms with Crippen LogP contribution in [-0.2, 0) is 16.2 Å². The monoisotopic (exact) mass is 426 g/mol. The van der Waals surface area contributed by atoms with E-state index in [2.05, 4.69) is 15.2 Å². The van der Waals surface area contributed by atoms with Gasteiger partial charge < -0.3 is 0 Å². The van der Waals surface area contributed by atoms with Gasteiger partial charge in [0.2, 0.25) is 10.0 Å². The number of halogens is 3. The number of nitrogens with one attached hydrogen (secondary N) is 1. The Bertz CT molecular complexity index is 1070. The molecule has 11 heteroatoms. The van der Waals surface area contributed by atoms with Crippen molar-refractivity contribution in [2.24, 2.45) is 11.8 Å². The SMILES string of the molecule is O=C1c2[nH]ncc2[C@@H](C2CC2)N(S(=O)(=O)c2ccc(C(F)(F)F)nc2)[C@H]1C1CC1. The number of hydrogen-bond acceptors (Lipinski definition) is 5. The lowest BCUT2D eigenvalue weighted by Gasteiger charge is -2.40. The normalized spacial score (nSPS) is 25.8. The van der Waals surface area contributed by atoms with Gasteiger partial charge in [-0.1, -0.05) is 0 Å². The zero-order valence-electron chi connectivity index (χ0n) is 15.1. The van der Waals surface area contributed by atoms with Crippen molar-refractivity contribution in [2.75, 3.05) is 0 Å². The molecule has 7 nitrogen and oxygen atoms in total. The number of pyridine rings is 1. The van der Waals surface area contributed by atoms with E-state index in [4.69, 9.17) is 0 Å². The summed E-state index contributed by atoms with van der Waals surface area (Å²) in [5.41, 5.74) is -0.283. The van der Waals surface area contributed by atoms with Crippen LogP contribution in [0.4, 0.5) is 13.2 Å². The summed E-state index contributed by atoms with van der Waals surface area (Å²) < 4.78 is 66.8. The van der Waals surface area contributed by atoms with Crippen LogP contribution in [0.15, 0.2) is 29.4 Å². The van der Waals surface area contributed by atoms with Crippen LogP contribution in [0.5, 0.6) is 0 Å². The van der Waals surface area contributed by atoms with Gasteiger partial charge in [0, 0.05) is 11.8 Å². The van der Waals surface area contributed by atoms with Gasteiger partial charge >= 0.3 is 6.18 Å². The van der Waals surface area contributed by atoms with Crippen LogP contribution >= 0.6 is 0 Å². The third-order valence-electron chi connectivity index (χ3n) is 5.79. The second-order valence-corrected chi connectivity index (χ2v) is 9.68. The Morgan fingerprint density at radius 3 is 2.24 bits per heavy atom. The maximum Gasteiger partial charge on any atom is 0.433 e. The molecule has 0 saturated heterocycles. The van der Waals surface area contributed by atoms with Gasteiger partial charge in [0.05, 0.1) is 18.3 Å². The molecule has 0 amide bonds. The number of ketones is 1. The summed E-state index contributed by atoms with van der Waals surface area (Å²) in [6.45, 7) is 0. The Morgan fingerprint density at radius 2 is 1.69 bits per heavy atom. The van der Waals surface area contributed by atoms with E-state index in [1.807, 2.05) is 0 Å². The zero-order chi connectivity index (χ0) is 20.6. The Kier molecular flexibility index (Phi) is 3.95. The highest BCUT2D eigenvalue weighted by molar-refractivity contribution is 7.89. The third-order valence-corrected chi connectivity index (χ3v) is 7.64. The molecule has 2 aromatic heterocycles. The second-order valence-electron chi connectivity index (χ2n) is 7.84. The Morgan fingerprint density at radius 1 is 1.03 bits per heavy atom. The van der Waals surface area contributed by atoms with Gasteiger partial charge in [-0.3, -0.25) is 14.9 Å². The minimum Gasteiger partial charge on any atom is -0.291 e. The molecule has 2 fully saturated rings. The molecule has 1 aliphatic heterocycles. The minimum absolute atomic E-state index is 0.0536. The summed E-state index contributed by atoms with van der Waals surface area (Å²) in [4.78, 5) is 16.0. The van der Waals surface area contributed by atoms with Crippen molar-refractivity contribution < 1.29 is 26.4 Å². The predicted molar refractivity (Wildman–Crippen MR) is 93.2 cm³/mol. The number of carbonyl (C=O) groups excluding carboxylic acids is 1. The molecule has 3 aliphatic rings. The van der Waals surface area contributed by atoms with E-state index in [0.717, 1.165) is 37.9 Å². The first kappa shape index (κ1) is 18.7. The first-order chi connectivity index (χ1) is 13.7. The van der Waals surface area contributed by atoms with Gasteiger partial charge in [-0.2, -0.15) is 22.6 Å². The molecule has 29 heavy (non-hydrogen) atoms. The number of fused-ring (bicyclic) bond motifs is 1. The van der Waals surface area contributed by atoms with E-state index < -0.39 is 34.0 Å². The molecule has 2 aliphatic carbocycles. The molecule has 2 saturated carbocycles. The molecule has 2 aromatic rings. The molecule has 2 atom stereocenters. The van der Waals surface area contributed by atoms with Crippen LogP contribution in [0, 0.1) is 11.8 Å². The molecule has 0 bridgehead atoms. The van der Waals surface area contributed by atoms with Crippen molar-refractivity contribution in [1.82, 2.24) is 19.5 Å². The second kappa shape index (κ2) is 6.11. The molecular formula is C18H17F3N4O3S. The Labute approximate surface area is 164 Å². The van der Waals surface area contributed by atoms with E-state index in [-0.39, 0.29) is 22.5 Å². The first-order valence-corrected chi connectivity index (χ1v) is 10.8. The molecule has 3 heterocycles. The van der Waals surface area contributed by atoms with Crippen LogP contribution in [0.2, 0.25) is 0 Å².